The van der Waals surface area contributed by atoms with Crippen LogP contribution in [-0.2, 0) is 4.79 Å². The molecule has 80 valence electrons. The molecular weight excluding hydrogens is 254 g/mol. The molecule has 2 atom stereocenters. The molecule has 0 unspecified atom stereocenters. The maximum absolute atomic E-state index is 11.9. The van der Waals surface area contributed by atoms with E-state index in [0.29, 0.717) is 6.42 Å². The van der Waals surface area contributed by atoms with Gasteiger partial charge in [-0.15, -0.1) is 0 Å². The van der Waals surface area contributed by atoms with E-state index < -0.39 is 5.41 Å². The molecule has 0 N–H and O–H groups in total. The minimum atomic E-state index is -0.713. The van der Waals surface area contributed by atoms with E-state index in [1.807, 2.05) is 0 Å². The highest BCUT2D eigenvalue weighted by molar-refractivity contribution is 9.11. The Balaban J connectivity index is 2.34. The molecule has 0 radical (unpaired) electrons. The predicted molar refractivity (Wildman–Crippen MR) is 61.3 cm³/mol. The smallest absolute Gasteiger partial charge is 0.153 e. The number of carbonyl (C=O) groups excluding carboxylic acids is 1. The van der Waals surface area contributed by atoms with Crippen LogP contribution in [0, 0.1) is 22.7 Å². The van der Waals surface area contributed by atoms with Gasteiger partial charge in [0.15, 0.2) is 5.78 Å². The standard InChI is InChI=1S/C12H14BrNO/c13-10-5-2-1-4-9(10)12(8-14)7-3-6-11(12)15/h5,9H,1-4,6-7H2/t9-,12-/m1/s1. The van der Waals surface area contributed by atoms with Crippen molar-refractivity contribution >= 4 is 21.7 Å². The fourth-order valence-electron chi connectivity index (χ4n) is 2.78. The lowest BCUT2D eigenvalue weighted by atomic mass is 9.70. The number of allylic oxidation sites excluding steroid dienone is 2. The van der Waals surface area contributed by atoms with Crippen molar-refractivity contribution in [3.05, 3.63) is 10.6 Å². The van der Waals surface area contributed by atoms with Crippen molar-refractivity contribution in [3.63, 3.8) is 0 Å². The second-order valence-electron chi connectivity index (χ2n) is 4.43. The van der Waals surface area contributed by atoms with E-state index in [1.165, 1.54) is 0 Å². The number of rotatable bonds is 1. The van der Waals surface area contributed by atoms with Gasteiger partial charge in [-0.25, -0.2) is 0 Å². The molecular formula is C12H14BrNO. The average molecular weight is 268 g/mol. The summed E-state index contributed by atoms with van der Waals surface area (Å²) in [6.45, 7) is 0. The number of hydrogen-bond donors (Lipinski definition) is 0. The van der Waals surface area contributed by atoms with E-state index in [0.717, 1.165) is 36.6 Å². The molecule has 1 fully saturated rings. The van der Waals surface area contributed by atoms with Crippen LogP contribution >= 0.6 is 15.9 Å². The van der Waals surface area contributed by atoms with Gasteiger partial charge in [0, 0.05) is 12.3 Å². The molecule has 0 bridgehead atoms. The van der Waals surface area contributed by atoms with Crippen molar-refractivity contribution in [1.29, 1.82) is 5.26 Å². The van der Waals surface area contributed by atoms with Gasteiger partial charge in [0.05, 0.1) is 6.07 Å². The minimum absolute atomic E-state index is 0.117. The normalized spacial score (nSPS) is 36.1. The molecule has 15 heavy (non-hydrogen) atoms. The number of carbonyl (C=O) groups is 1. The quantitative estimate of drug-likeness (QED) is 0.731. The molecule has 2 aliphatic carbocycles. The van der Waals surface area contributed by atoms with Crippen molar-refractivity contribution in [2.75, 3.05) is 0 Å². The lowest BCUT2D eigenvalue weighted by Gasteiger charge is -2.32. The molecule has 1 saturated carbocycles. The van der Waals surface area contributed by atoms with E-state index in [1.54, 1.807) is 0 Å². The summed E-state index contributed by atoms with van der Waals surface area (Å²) in [6.07, 6.45) is 7.46. The van der Waals surface area contributed by atoms with Gasteiger partial charge in [-0.2, -0.15) is 5.26 Å². The van der Waals surface area contributed by atoms with Gasteiger partial charge in [-0.1, -0.05) is 22.0 Å². The van der Waals surface area contributed by atoms with Crippen LogP contribution in [0.5, 0.6) is 0 Å². The first-order valence-electron chi connectivity index (χ1n) is 5.51. The molecule has 0 aromatic heterocycles. The van der Waals surface area contributed by atoms with E-state index in [9.17, 15) is 10.1 Å². The van der Waals surface area contributed by atoms with Crippen LogP contribution in [0.25, 0.3) is 0 Å². The van der Waals surface area contributed by atoms with Gasteiger partial charge in [-0.3, -0.25) is 4.79 Å². The highest BCUT2D eigenvalue weighted by Gasteiger charge is 2.49. The average Bonchev–Trinajstić information content (AvgIpc) is 2.61. The zero-order valence-electron chi connectivity index (χ0n) is 8.63. The third kappa shape index (κ3) is 1.65. The second-order valence-corrected chi connectivity index (χ2v) is 5.35. The first kappa shape index (κ1) is 10.9. The third-order valence-electron chi connectivity index (χ3n) is 3.64. The molecule has 0 amide bonds. The predicted octanol–water partition coefficient (Wildman–Crippen LogP) is 3.33. The summed E-state index contributed by atoms with van der Waals surface area (Å²) in [7, 11) is 0. The van der Waals surface area contributed by atoms with Crippen LogP contribution in [0.4, 0.5) is 0 Å². The summed E-state index contributed by atoms with van der Waals surface area (Å²) in [4.78, 5) is 11.9. The second kappa shape index (κ2) is 4.09. The maximum Gasteiger partial charge on any atom is 0.153 e. The van der Waals surface area contributed by atoms with E-state index in [-0.39, 0.29) is 11.7 Å². The lowest BCUT2D eigenvalue weighted by Crippen LogP contribution is -2.34. The molecule has 0 aromatic rings. The molecule has 0 spiro atoms. The van der Waals surface area contributed by atoms with Crippen molar-refractivity contribution in [1.82, 2.24) is 0 Å². The Hall–Kier alpha value is -0.620. The Morgan fingerprint density at radius 2 is 2.33 bits per heavy atom. The van der Waals surface area contributed by atoms with Crippen LogP contribution in [0.2, 0.25) is 0 Å². The summed E-state index contributed by atoms with van der Waals surface area (Å²) < 4.78 is 1.07. The van der Waals surface area contributed by atoms with Crippen LogP contribution in [-0.4, -0.2) is 5.78 Å². The summed E-state index contributed by atoms with van der Waals surface area (Å²) in [5.41, 5.74) is -0.713. The number of Topliss-reactive ketones (excluding diaryl/α,β-unsaturated/α-hetero) is 1. The molecule has 3 heteroatoms. The Labute approximate surface area is 98.5 Å². The molecule has 2 aliphatic rings. The highest BCUT2D eigenvalue weighted by atomic mass is 79.9. The van der Waals surface area contributed by atoms with Crippen LogP contribution in [0.3, 0.4) is 0 Å². The lowest BCUT2D eigenvalue weighted by molar-refractivity contribution is -0.124. The monoisotopic (exact) mass is 267 g/mol. The first-order chi connectivity index (χ1) is 7.20. The number of ketones is 1. The zero-order valence-corrected chi connectivity index (χ0v) is 10.2. The Morgan fingerprint density at radius 1 is 1.53 bits per heavy atom. The van der Waals surface area contributed by atoms with Gasteiger partial charge < -0.3 is 0 Å². The van der Waals surface area contributed by atoms with Gasteiger partial charge in [0.1, 0.15) is 5.41 Å². The maximum atomic E-state index is 11.9. The zero-order chi connectivity index (χ0) is 10.9. The van der Waals surface area contributed by atoms with Crippen molar-refractivity contribution in [3.8, 4) is 6.07 Å². The number of halogens is 1. The molecule has 2 rings (SSSR count). The van der Waals surface area contributed by atoms with E-state index in [2.05, 4.69) is 28.1 Å². The SMILES string of the molecule is N#C[C@@]1([C@@H]2CCCC=C2Br)CCCC1=O. The summed E-state index contributed by atoms with van der Waals surface area (Å²) in [6, 6.07) is 2.31. The summed E-state index contributed by atoms with van der Waals surface area (Å²) >= 11 is 3.53. The molecule has 0 aliphatic heterocycles. The molecule has 0 aromatic carbocycles. The molecule has 0 heterocycles. The van der Waals surface area contributed by atoms with Gasteiger partial charge in [-0.05, 0) is 36.6 Å². The molecule has 2 nitrogen and oxygen atoms in total. The van der Waals surface area contributed by atoms with Crippen LogP contribution in [0.15, 0.2) is 10.6 Å². The highest BCUT2D eigenvalue weighted by Crippen LogP contribution is 2.49. The van der Waals surface area contributed by atoms with Gasteiger partial charge in [0.25, 0.3) is 0 Å². The topological polar surface area (TPSA) is 40.9 Å². The van der Waals surface area contributed by atoms with Crippen molar-refractivity contribution in [2.24, 2.45) is 11.3 Å². The number of nitrogens with zero attached hydrogens (tertiary/aromatic N) is 1. The fraction of sp³-hybridized carbons (Fsp3) is 0.667. The Morgan fingerprint density at radius 3 is 2.87 bits per heavy atom. The fourth-order valence-corrected chi connectivity index (χ4v) is 3.63. The first-order valence-corrected chi connectivity index (χ1v) is 6.30. The van der Waals surface area contributed by atoms with Crippen molar-refractivity contribution < 1.29 is 4.79 Å². The Kier molecular flexibility index (Phi) is 2.97. The van der Waals surface area contributed by atoms with Gasteiger partial charge >= 0.3 is 0 Å². The third-order valence-corrected chi connectivity index (χ3v) is 4.51. The largest absolute Gasteiger partial charge is 0.298 e. The summed E-state index contributed by atoms with van der Waals surface area (Å²) in [5.74, 6) is 0.272. The van der Waals surface area contributed by atoms with Gasteiger partial charge in [0.2, 0.25) is 0 Å². The number of nitriles is 1. The van der Waals surface area contributed by atoms with Crippen LogP contribution < -0.4 is 0 Å². The number of hydrogen-bond acceptors (Lipinski definition) is 2. The van der Waals surface area contributed by atoms with E-state index >= 15 is 0 Å². The Bertz CT molecular complexity index is 355. The minimum Gasteiger partial charge on any atom is -0.298 e. The van der Waals surface area contributed by atoms with Crippen molar-refractivity contribution in [2.45, 2.75) is 38.5 Å². The van der Waals surface area contributed by atoms with E-state index in [4.69, 9.17) is 0 Å². The molecule has 0 saturated heterocycles. The van der Waals surface area contributed by atoms with Crippen LogP contribution in [0.1, 0.15) is 38.5 Å². The summed E-state index contributed by atoms with van der Waals surface area (Å²) in [5, 5.41) is 9.34.